The molecule has 4 nitrogen and oxygen atoms in total. The first kappa shape index (κ1) is 18.6. The first-order chi connectivity index (χ1) is 10.5. The molecule has 2 fully saturated rings. The quantitative estimate of drug-likeness (QED) is 0.848. The fraction of sp³-hybridized carbons (Fsp3) is 0.947. The summed E-state index contributed by atoms with van der Waals surface area (Å²) in [6.45, 7) is 17.9. The van der Waals surface area contributed by atoms with E-state index in [0.717, 1.165) is 32.5 Å². The van der Waals surface area contributed by atoms with Gasteiger partial charge < -0.3 is 15.0 Å². The molecular weight excluding hydrogens is 288 g/mol. The molecule has 0 aromatic heterocycles. The second kappa shape index (κ2) is 6.27. The molecule has 0 bridgehead atoms. The van der Waals surface area contributed by atoms with E-state index in [4.69, 9.17) is 4.74 Å². The summed E-state index contributed by atoms with van der Waals surface area (Å²) >= 11 is 0. The number of ether oxygens (including phenoxy) is 1. The second-order valence-corrected chi connectivity index (χ2v) is 9.48. The van der Waals surface area contributed by atoms with E-state index in [2.05, 4.69) is 33.0 Å². The van der Waals surface area contributed by atoms with Crippen molar-refractivity contribution in [2.24, 2.45) is 16.7 Å². The van der Waals surface area contributed by atoms with Crippen molar-refractivity contribution in [3.8, 4) is 0 Å². The maximum Gasteiger partial charge on any atom is 0.410 e. The van der Waals surface area contributed by atoms with Crippen LogP contribution in [0.15, 0.2) is 0 Å². The number of hydrogen-bond donors (Lipinski definition) is 1. The van der Waals surface area contributed by atoms with Crippen LogP contribution in [0.2, 0.25) is 0 Å². The molecule has 0 aromatic rings. The molecule has 1 saturated heterocycles. The van der Waals surface area contributed by atoms with Crippen molar-refractivity contribution in [3.05, 3.63) is 0 Å². The summed E-state index contributed by atoms with van der Waals surface area (Å²) in [7, 11) is 0. The summed E-state index contributed by atoms with van der Waals surface area (Å²) in [6.07, 6.45) is 3.20. The summed E-state index contributed by atoms with van der Waals surface area (Å²) in [5, 5.41) is 3.63. The van der Waals surface area contributed by atoms with Crippen molar-refractivity contribution in [3.63, 3.8) is 0 Å². The molecule has 0 aromatic carbocycles. The predicted octanol–water partition coefficient (Wildman–Crippen LogP) is 4.05. The normalized spacial score (nSPS) is 26.9. The minimum Gasteiger partial charge on any atom is -0.444 e. The van der Waals surface area contributed by atoms with Gasteiger partial charge in [0.25, 0.3) is 0 Å². The molecule has 2 rings (SSSR count). The topological polar surface area (TPSA) is 41.6 Å². The highest BCUT2D eigenvalue weighted by atomic mass is 16.6. The lowest BCUT2D eigenvalue weighted by atomic mass is 10.0. The minimum absolute atomic E-state index is 0.156. The number of amides is 1. The molecule has 1 heterocycles. The van der Waals surface area contributed by atoms with Crippen molar-refractivity contribution in [1.29, 1.82) is 0 Å². The number of carbonyl (C=O) groups excluding carboxylic acids is 1. The van der Waals surface area contributed by atoms with E-state index in [-0.39, 0.29) is 12.1 Å². The summed E-state index contributed by atoms with van der Waals surface area (Å²) in [5.74, 6) is 0.716. The van der Waals surface area contributed by atoms with Gasteiger partial charge in [0.2, 0.25) is 0 Å². The molecule has 1 unspecified atom stereocenters. The van der Waals surface area contributed by atoms with Crippen molar-refractivity contribution in [2.75, 3.05) is 19.6 Å². The average Bonchev–Trinajstić information content (AvgIpc) is 2.79. The highest BCUT2D eigenvalue weighted by molar-refractivity contribution is 5.68. The molecule has 0 radical (unpaired) electrons. The number of hydrogen-bond acceptors (Lipinski definition) is 3. The third-order valence-electron chi connectivity index (χ3n) is 6.30. The SMILES string of the molecule is CC(C)(C)OC(=O)N1CCCCC1CNCC1C(C)(C)C1(C)C. The number of likely N-dealkylation sites (tertiary alicyclic amines) is 1. The van der Waals surface area contributed by atoms with Crippen LogP contribution in [-0.2, 0) is 4.74 Å². The maximum atomic E-state index is 12.4. The van der Waals surface area contributed by atoms with Gasteiger partial charge in [-0.05, 0) is 63.3 Å². The zero-order valence-corrected chi connectivity index (χ0v) is 16.2. The smallest absolute Gasteiger partial charge is 0.410 e. The van der Waals surface area contributed by atoms with E-state index < -0.39 is 5.60 Å². The molecule has 0 spiro atoms. The van der Waals surface area contributed by atoms with Gasteiger partial charge in [0, 0.05) is 19.1 Å². The van der Waals surface area contributed by atoms with Gasteiger partial charge in [-0.1, -0.05) is 27.7 Å². The van der Waals surface area contributed by atoms with E-state index in [1.807, 2.05) is 25.7 Å². The van der Waals surface area contributed by atoms with Crippen LogP contribution in [0.25, 0.3) is 0 Å². The van der Waals surface area contributed by atoms with Gasteiger partial charge in [0.15, 0.2) is 0 Å². The lowest BCUT2D eigenvalue weighted by Gasteiger charge is -2.37. The number of rotatable bonds is 4. The first-order valence-electron chi connectivity index (χ1n) is 9.17. The van der Waals surface area contributed by atoms with Gasteiger partial charge in [-0.2, -0.15) is 0 Å². The molecule has 134 valence electrons. The van der Waals surface area contributed by atoms with Crippen molar-refractivity contribution in [2.45, 2.75) is 79.4 Å². The van der Waals surface area contributed by atoms with Gasteiger partial charge >= 0.3 is 6.09 Å². The van der Waals surface area contributed by atoms with Crippen LogP contribution in [-0.4, -0.2) is 42.3 Å². The molecule has 1 saturated carbocycles. The molecular formula is C19H36N2O2. The molecule has 2 aliphatic rings. The van der Waals surface area contributed by atoms with E-state index in [0.29, 0.717) is 16.7 Å². The summed E-state index contributed by atoms with van der Waals surface area (Å²) in [6, 6.07) is 0.267. The molecule has 4 heteroatoms. The average molecular weight is 325 g/mol. The van der Waals surface area contributed by atoms with E-state index in [1.54, 1.807) is 0 Å². The van der Waals surface area contributed by atoms with Crippen LogP contribution in [0.5, 0.6) is 0 Å². The van der Waals surface area contributed by atoms with Crippen LogP contribution in [0.4, 0.5) is 4.79 Å². The Morgan fingerprint density at radius 3 is 2.26 bits per heavy atom. The molecule has 1 atom stereocenters. The zero-order chi connectivity index (χ0) is 17.5. The Morgan fingerprint density at radius 2 is 1.74 bits per heavy atom. The van der Waals surface area contributed by atoms with E-state index in [1.165, 1.54) is 6.42 Å². The third kappa shape index (κ3) is 4.01. The van der Waals surface area contributed by atoms with Crippen LogP contribution >= 0.6 is 0 Å². The number of carbonyl (C=O) groups is 1. The van der Waals surface area contributed by atoms with Gasteiger partial charge in [-0.15, -0.1) is 0 Å². The molecule has 1 N–H and O–H groups in total. The monoisotopic (exact) mass is 324 g/mol. The van der Waals surface area contributed by atoms with Crippen LogP contribution in [0, 0.1) is 16.7 Å². The van der Waals surface area contributed by atoms with E-state index >= 15 is 0 Å². The number of nitrogens with zero attached hydrogens (tertiary/aromatic N) is 1. The van der Waals surface area contributed by atoms with Crippen LogP contribution in [0.1, 0.15) is 67.7 Å². The summed E-state index contributed by atoms with van der Waals surface area (Å²) < 4.78 is 5.57. The highest BCUT2D eigenvalue weighted by Gasteiger charge is 2.63. The zero-order valence-electron chi connectivity index (χ0n) is 16.2. The Labute approximate surface area is 142 Å². The van der Waals surface area contributed by atoms with Gasteiger partial charge in [-0.25, -0.2) is 4.79 Å². The lowest BCUT2D eigenvalue weighted by molar-refractivity contribution is 0.00991. The largest absolute Gasteiger partial charge is 0.444 e. The highest BCUT2D eigenvalue weighted by Crippen LogP contribution is 2.67. The van der Waals surface area contributed by atoms with Gasteiger partial charge in [0.1, 0.15) is 5.60 Å². The summed E-state index contributed by atoms with van der Waals surface area (Å²) in [5.41, 5.74) is 0.406. The van der Waals surface area contributed by atoms with Gasteiger partial charge in [0.05, 0.1) is 0 Å². The Morgan fingerprint density at radius 1 is 1.13 bits per heavy atom. The second-order valence-electron chi connectivity index (χ2n) is 9.48. The summed E-state index contributed by atoms with van der Waals surface area (Å²) in [4.78, 5) is 14.4. The van der Waals surface area contributed by atoms with Crippen LogP contribution in [0.3, 0.4) is 0 Å². The molecule has 23 heavy (non-hydrogen) atoms. The molecule has 1 amide bonds. The maximum absolute atomic E-state index is 12.4. The Kier molecular flexibility index (Phi) is 5.06. The number of nitrogens with one attached hydrogen (secondary N) is 1. The molecule has 1 aliphatic carbocycles. The van der Waals surface area contributed by atoms with Crippen molar-refractivity contribution < 1.29 is 9.53 Å². The fourth-order valence-electron chi connectivity index (χ4n) is 4.01. The third-order valence-corrected chi connectivity index (χ3v) is 6.30. The van der Waals surface area contributed by atoms with Crippen molar-refractivity contribution >= 4 is 6.09 Å². The standard InChI is InChI=1S/C19H36N2O2/c1-17(2,3)23-16(22)21-11-9-8-10-14(21)12-20-13-15-18(4,5)19(15,6)7/h14-15,20H,8-13H2,1-7H3. The van der Waals surface area contributed by atoms with Crippen LogP contribution < -0.4 is 5.32 Å². The predicted molar refractivity (Wildman–Crippen MR) is 94.5 cm³/mol. The molecule has 1 aliphatic heterocycles. The Bertz CT molecular complexity index is 423. The fourth-order valence-corrected chi connectivity index (χ4v) is 4.01. The van der Waals surface area contributed by atoms with Crippen molar-refractivity contribution in [1.82, 2.24) is 10.2 Å². The van der Waals surface area contributed by atoms with E-state index in [9.17, 15) is 4.79 Å². The Hall–Kier alpha value is -0.770. The van der Waals surface area contributed by atoms with Gasteiger partial charge in [-0.3, -0.25) is 0 Å². The first-order valence-corrected chi connectivity index (χ1v) is 9.17. The number of piperidine rings is 1. The Balaban J connectivity index is 1.84. The minimum atomic E-state index is -0.422. The lowest BCUT2D eigenvalue weighted by Crippen LogP contribution is -2.50.